The van der Waals surface area contributed by atoms with Gasteiger partial charge >= 0.3 is 0 Å². The molecule has 1 aliphatic rings. The van der Waals surface area contributed by atoms with E-state index in [0.29, 0.717) is 16.1 Å². The second-order valence-electron chi connectivity index (χ2n) is 4.57. The van der Waals surface area contributed by atoms with Gasteiger partial charge in [-0.25, -0.2) is 8.42 Å². The molecule has 0 amide bonds. The number of fused-ring (bicyclic) bond motifs is 3. The molecule has 0 spiro atoms. The van der Waals surface area contributed by atoms with E-state index in [1.165, 1.54) is 31.4 Å². The molecule has 7 nitrogen and oxygen atoms in total. The van der Waals surface area contributed by atoms with Crippen molar-refractivity contribution in [2.75, 3.05) is 11.8 Å². The highest BCUT2D eigenvalue weighted by atomic mass is 35.5. The molecule has 9 heteroatoms. The second kappa shape index (κ2) is 4.85. The summed E-state index contributed by atoms with van der Waals surface area (Å²) in [6.45, 7) is 0. The number of benzene rings is 2. The van der Waals surface area contributed by atoms with Crippen molar-refractivity contribution in [1.82, 2.24) is 0 Å². The zero-order chi connectivity index (χ0) is 16.1. The molecule has 3 rings (SSSR count). The minimum Gasteiger partial charge on any atom is -0.496 e. The molecule has 1 aliphatic heterocycles. The molecule has 1 N–H and O–H groups in total. The number of anilines is 1. The molecule has 0 bridgehead atoms. The molecule has 0 unspecified atom stereocenters. The van der Waals surface area contributed by atoms with Gasteiger partial charge in [0.2, 0.25) is 0 Å². The van der Waals surface area contributed by atoms with Crippen LogP contribution in [-0.2, 0) is 10.0 Å². The molecule has 0 saturated carbocycles. The lowest BCUT2D eigenvalue weighted by molar-refractivity contribution is -0.383. The van der Waals surface area contributed by atoms with Crippen LogP contribution in [0, 0.1) is 10.1 Å². The standard InChI is InChI=1S/C13H9ClN2O5S/c1-21-8-5-10-9-4-7(14)2-3-12(9)22(19,20)15-13(10)11(6-8)16(17)18/h2-6,15H,1H3. The summed E-state index contributed by atoms with van der Waals surface area (Å²) in [7, 11) is -2.53. The van der Waals surface area contributed by atoms with Gasteiger partial charge in [0.05, 0.1) is 23.0 Å². The summed E-state index contributed by atoms with van der Waals surface area (Å²) in [5.41, 5.74) is 0.158. The van der Waals surface area contributed by atoms with Crippen LogP contribution in [0.4, 0.5) is 11.4 Å². The summed E-state index contributed by atoms with van der Waals surface area (Å²) in [5.74, 6) is 0.248. The molecule has 0 aromatic heterocycles. The fourth-order valence-corrected chi connectivity index (χ4v) is 3.79. The van der Waals surface area contributed by atoms with Crippen LogP contribution in [0.5, 0.6) is 5.75 Å². The second-order valence-corrected chi connectivity index (χ2v) is 6.66. The number of methoxy groups -OCH3 is 1. The van der Waals surface area contributed by atoms with Gasteiger partial charge in [-0.1, -0.05) is 11.6 Å². The van der Waals surface area contributed by atoms with Crippen molar-refractivity contribution in [2.24, 2.45) is 0 Å². The largest absolute Gasteiger partial charge is 0.496 e. The third-order valence-corrected chi connectivity index (χ3v) is 4.92. The third-order valence-electron chi connectivity index (χ3n) is 3.28. The number of halogens is 1. The molecule has 2 aromatic rings. The molecule has 0 saturated heterocycles. The summed E-state index contributed by atoms with van der Waals surface area (Å²) >= 11 is 5.93. The number of rotatable bonds is 2. The molecule has 0 aliphatic carbocycles. The van der Waals surface area contributed by atoms with E-state index in [-0.39, 0.29) is 22.0 Å². The number of sulfonamides is 1. The fourth-order valence-electron chi connectivity index (χ4n) is 2.32. The minimum absolute atomic E-state index is 0.00644. The highest BCUT2D eigenvalue weighted by Gasteiger charge is 2.33. The first-order valence-corrected chi connectivity index (χ1v) is 7.89. The predicted molar refractivity (Wildman–Crippen MR) is 80.9 cm³/mol. The van der Waals surface area contributed by atoms with Crippen molar-refractivity contribution < 1.29 is 18.1 Å². The van der Waals surface area contributed by atoms with Gasteiger partial charge in [-0.2, -0.15) is 0 Å². The van der Waals surface area contributed by atoms with Gasteiger partial charge in [0.1, 0.15) is 11.4 Å². The smallest absolute Gasteiger partial charge is 0.297 e. The van der Waals surface area contributed by atoms with Crippen LogP contribution in [0.15, 0.2) is 35.2 Å². The van der Waals surface area contributed by atoms with Gasteiger partial charge in [0, 0.05) is 16.1 Å². The minimum atomic E-state index is -3.90. The van der Waals surface area contributed by atoms with Crippen LogP contribution in [-0.4, -0.2) is 20.5 Å². The van der Waals surface area contributed by atoms with Gasteiger partial charge < -0.3 is 4.74 Å². The van der Waals surface area contributed by atoms with Gasteiger partial charge in [-0.05, 0) is 24.3 Å². The molecule has 0 atom stereocenters. The highest BCUT2D eigenvalue weighted by molar-refractivity contribution is 7.93. The maximum absolute atomic E-state index is 12.3. The summed E-state index contributed by atoms with van der Waals surface area (Å²) in [5, 5.41) is 11.5. The third kappa shape index (κ3) is 2.16. The van der Waals surface area contributed by atoms with Crippen molar-refractivity contribution in [1.29, 1.82) is 0 Å². The molecule has 1 heterocycles. The van der Waals surface area contributed by atoms with Crippen molar-refractivity contribution >= 4 is 33.0 Å². The van der Waals surface area contributed by atoms with Crippen LogP contribution in [0.1, 0.15) is 0 Å². The Balaban J connectivity index is 2.43. The maximum Gasteiger partial charge on any atom is 0.297 e. The summed E-state index contributed by atoms with van der Waals surface area (Å²) in [6.07, 6.45) is 0. The average molecular weight is 341 g/mol. The van der Waals surface area contributed by atoms with E-state index in [1.54, 1.807) is 0 Å². The van der Waals surface area contributed by atoms with Crippen LogP contribution < -0.4 is 9.46 Å². The van der Waals surface area contributed by atoms with Crippen LogP contribution in [0.3, 0.4) is 0 Å². The van der Waals surface area contributed by atoms with E-state index >= 15 is 0 Å². The summed E-state index contributed by atoms with van der Waals surface area (Å²) < 4.78 is 31.8. The number of nitro groups is 1. The Kier molecular flexibility index (Phi) is 3.22. The van der Waals surface area contributed by atoms with Crippen LogP contribution >= 0.6 is 11.6 Å². The molecule has 0 radical (unpaired) electrons. The Morgan fingerprint density at radius 1 is 1.23 bits per heavy atom. The van der Waals surface area contributed by atoms with Gasteiger partial charge in [0.25, 0.3) is 15.7 Å². The van der Waals surface area contributed by atoms with E-state index < -0.39 is 14.9 Å². The normalized spacial score (nSPS) is 14.5. The molecule has 2 aromatic carbocycles. The van der Waals surface area contributed by atoms with E-state index in [0.717, 1.165) is 6.07 Å². The number of hydrogen-bond acceptors (Lipinski definition) is 5. The Morgan fingerprint density at radius 3 is 2.59 bits per heavy atom. The lowest BCUT2D eigenvalue weighted by atomic mass is 10.0. The molecule has 114 valence electrons. The van der Waals surface area contributed by atoms with Crippen LogP contribution in [0.2, 0.25) is 5.02 Å². The van der Waals surface area contributed by atoms with Gasteiger partial charge in [0.15, 0.2) is 0 Å². The fraction of sp³-hybridized carbons (Fsp3) is 0.0769. The highest BCUT2D eigenvalue weighted by Crippen LogP contribution is 2.46. The van der Waals surface area contributed by atoms with Crippen molar-refractivity contribution in [2.45, 2.75) is 4.90 Å². The monoisotopic (exact) mass is 340 g/mol. The predicted octanol–water partition coefficient (Wildman–Crippen LogP) is 3.04. The van der Waals surface area contributed by atoms with Gasteiger partial charge in [-0.3, -0.25) is 14.8 Å². The topological polar surface area (TPSA) is 98.5 Å². The Morgan fingerprint density at radius 2 is 1.95 bits per heavy atom. The summed E-state index contributed by atoms with van der Waals surface area (Å²) in [4.78, 5) is 10.6. The van der Waals surface area contributed by atoms with E-state index in [9.17, 15) is 18.5 Å². The van der Waals surface area contributed by atoms with E-state index in [2.05, 4.69) is 4.72 Å². The van der Waals surface area contributed by atoms with Crippen LogP contribution in [0.25, 0.3) is 11.1 Å². The first-order valence-electron chi connectivity index (χ1n) is 6.02. The lowest BCUT2D eigenvalue weighted by Gasteiger charge is -2.22. The van der Waals surface area contributed by atoms with Crippen molar-refractivity contribution in [3.63, 3.8) is 0 Å². The maximum atomic E-state index is 12.3. The Bertz CT molecular complexity index is 911. The molecule has 22 heavy (non-hydrogen) atoms. The van der Waals surface area contributed by atoms with Gasteiger partial charge in [-0.15, -0.1) is 0 Å². The summed E-state index contributed by atoms with van der Waals surface area (Å²) in [6, 6.07) is 6.95. The first kappa shape index (κ1) is 14.6. The quantitative estimate of drug-likeness (QED) is 0.669. The molecule has 0 fully saturated rings. The van der Waals surface area contributed by atoms with E-state index in [4.69, 9.17) is 16.3 Å². The van der Waals surface area contributed by atoms with E-state index in [1.807, 2.05) is 0 Å². The number of nitro benzene ring substituents is 1. The molecular formula is C13H9ClN2O5S. The average Bonchev–Trinajstić information content (AvgIpc) is 2.45. The SMILES string of the molecule is COc1cc2c(c([N+](=O)[O-])c1)NS(=O)(=O)c1ccc(Cl)cc1-2. The number of nitrogens with zero attached hydrogens (tertiary/aromatic N) is 1. The Hall–Kier alpha value is -2.32. The first-order chi connectivity index (χ1) is 10.3. The number of hydrogen-bond donors (Lipinski definition) is 1. The Labute approximate surface area is 130 Å². The number of nitrogens with one attached hydrogen (secondary N) is 1. The van der Waals surface area contributed by atoms with Crippen molar-refractivity contribution in [3.05, 3.63) is 45.5 Å². The number of ether oxygens (including phenoxy) is 1. The van der Waals surface area contributed by atoms with Crippen molar-refractivity contribution in [3.8, 4) is 16.9 Å². The lowest BCUT2D eigenvalue weighted by Crippen LogP contribution is -2.20. The zero-order valence-electron chi connectivity index (χ0n) is 11.2. The zero-order valence-corrected chi connectivity index (χ0v) is 12.7. The molecular weight excluding hydrogens is 332 g/mol.